The highest BCUT2D eigenvalue weighted by Crippen LogP contribution is 2.30. The van der Waals surface area contributed by atoms with Crippen molar-refractivity contribution in [3.63, 3.8) is 0 Å². The van der Waals surface area contributed by atoms with E-state index in [-0.39, 0.29) is 18.7 Å². The molecule has 0 spiro atoms. The number of para-hydroxylation sites is 1. The van der Waals surface area contributed by atoms with E-state index < -0.39 is 66.6 Å². The predicted molar refractivity (Wildman–Crippen MR) is 129 cm³/mol. The van der Waals surface area contributed by atoms with Gasteiger partial charge in [0, 0.05) is 26.5 Å². The first-order chi connectivity index (χ1) is 18.5. The summed E-state index contributed by atoms with van der Waals surface area (Å²) in [6, 6.07) is 6.27. The maximum Gasteiger partial charge on any atom is 0.414 e. The van der Waals surface area contributed by atoms with E-state index in [4.69, 9.17) is 33.2 Å². The monoisotopic (exact) mass is 551 g/mol. The van der Waals surface area contributed by atoms with Gasteiger partial charge in [0.1, 0.15) is 6.61 Å². The second-order valence-corrected chi connectivity index (χ2v) is 8.01. The molecule has 1 aromatic rings. The smallest absolute Gasteiger partial charge is 0.414 e. The molecule has 1 aliphatic rings. The van der Waals surface area contributed by atoms with Crippen molar-refractivity contribution < 1.29 is 61.9 Å². The largest absolute Gasteiger partial charge is 0.467 e. The van der Waals surface area contributed by atoms with Crippen molar-refractivity contribution in [2.24, 2.45) is 0 Å². The fourth-order valence-corrected chi connectivity index (χ4v) is 3.57. The van der Waals surface area contributed by atoms with Crippen LogP contribution >= 0.6 is 0 Å². The first-order valence-electron chi connectivity index (χ1n) is 11.5. The van der Waals surface area contributed by atoms with Gasteiger partial charge < -0.3 is 33.2 Å². The van der Waals surface area contributed by atoms with Crippen LogP contribution in [-0.4, -0.2) is 80.4 Å². The molecule has 5 atom stereocenters. The predicted octanol–water partition coefficient (Wildman–Crippen LogP) is 1.20. The number of nitrogens with one attached hydrogen (secondary N) is 1. The van der Waals surface area contributed by atoms with Gasteiger partial charge in [0.15, 0.2) is 18.3 Å². The van der Waals surface area contributed by atoms with Crippen LogP contribution in [0, 0.1) is 0 Å². The van der Waals surface area contributed by atoms with Crippen molar-refractivity contribution in [1.29, 1.82) is 0 Å². The molecule has 39 heavy (non-hydrogen) atoms. The topological polar surface area (TPSA) is 179 Å². The number of amides is 1. The molecule has 1 saturated heterocycles. The number of rotatable bonds is 10. The molecule has 0 saturated carbocycles. The number of hydrogen-bond acceptors (Lipinski definition) is 13. The van der Waals surface area contributed by atoms with E-state index in [0.29, 0.717) is 5.56 Å². The minimum absolute atomic E-state index is 0.00618. The Morgan fingerprint density at radius 3 is 2.08 bits per heavy atom. The van der Waals surface area contributed by atoms with Crippen LogP contribution < -0.4 is 5.32 Å². The summed E-state index contributed by atoms with van der Waals surface area (Å²) in [6.07, 6.45) is -8.42. The highest BCUT2D eigenvalue weighted by Gasteiger charge is 2.56. The molecule has 1 N–H and O–H groups in total. The normalized spacial score (nSPS) is 21.9. The summed E-state index contributed by atoms with van der Waals surface area (Å²) in [6.45, 7) is 6.55. The Balaban J connectivity index is 2.35. The van der Waals surface area contributed by atoms with Crippen molar-refractivity contribution >= 4 is 41.6 Å². The van der Waals surface area contributed by atoms with Crippen molar-refractivity contribution in [3.8, 4) is 0 Å². The quantitative estimate of drug-likeness (QED) is 0.249. The highest BCUT2D eigenvalue weighted by molar-refractivity contribution is 5.87. The minimum atomic E-state index is -1.83. The number of esters is 5. The highest BCUT2D eigenvalue weighted by atomic mass is 16.8. The number of carbonyl (C=O) groups is 6. The lowest BCUT2D eigenvalue weighted by Crippen LogP contribution is -2.64. The van der Waals surface area contributed by atoms with E-state index >= 15 is 0 Å². The second kappa shape index (κ2) is 14.5. The molecular formula is C25H29NO13. The fraction of sp³-hybridized carbons (Fsp3) is 0.440. The summed E-state index contributed by atoms with van der Waals surface area (Å²) in [7, 11) is 1.02. The molecule has 14 heteroatoms. The van der Waals surface area contributed by atoms with Crippen LogP contribution in [0.15, 0.2) is 36.9 Å². The Kier molecular flexibility index (Phi) is 11.4. The zero-order valence-electron chi connectivity index (χ0n) is 21.7. The van der Waals surface area contributed by atoms with Crippen LogP contribution in [0.5, 0.6) is 0 Å². The Morgan fingerprint density at radius 2 is 1.49 bits per heavy atom. The van der Waals surface area contributed by atoms with E-state index in [1.807, 2.05) is 0 Å². The molecule has 1 heterocycles. The number of ether oxygens (including phenoxy) is 7. The Labute approximate surface area is 223 Å². The van der Waals surface area contributed by atoms with E-state index in [2.05, 4.69) is 11.9 Å². The summed E-state index contributed by atoms with van der Waals surface area (Å²) in [4.78, 5) is 72.8. The van der Waals surface area contributed by atoms with Gasteiger partial charge in [0.05, 0.1) is 13.5 Å². The number of methoxy groups -OCH3 is 1. The Bertz CT molecular complexity index is 1100. The summed E-state index contributed by atoms with van der Waals surface area (Å²) >= 11 is 0. The molecule has 1 fully saturated rings. The molecule has 0 radical (unpaired) electrons. The van der Waals surface area contributed by atoms with Crippen LogP contribution in [0.1, 0.15) is 26.3 Å². The first-order valence-corrected chi connectivity index (χ1v) is 11.5. The number of benzene rings is 1. The van der Waals surface area contributed by atoms with Crippen LogP contribution in [0.3, 0.4) is 0 Å². The van der Waals surface area contributed by atoms with Gasteiger partial charge >= 0.3 is 35.9 Å². The van der Waals surface area contributed by atoms with Gasteiger partial charge in [-0.2, -0.15) is 0 Å². The molecular weight excluding hydrogens is 522 g/mol. The van der Waals surface area contributed by atoms with Crippen LogP contribution in [0.4, 0.5) is 10.5 Å². The van der Waals surface area contributed by atoms with Crippen LogP contribution in [0.25, 0.3) is 0 Å². The standard InChI is InChI=1S/C25H29NO13/c1-6-11-34-18(30)12-16-9-7-8-10-17(16)26-25(32)39-24-22(37-15(4)29)20(36-14(3)28)19(35-13(2)27)21(38-24)23(31)33-5/h6-10,19-22,24H,1,11-12H2,2-5H3,(H,26,32)/t19-,20-,21-,22+,24-/m0/s1. The van der Waals surface area contributed by atoms with Gasteiger partial charge in [-0.05, 0) is 11.6 Å². The Morgan fingerprint density at radius 1 is 0.897 bits per heavy atom. The lowest BCUT2D eigenvalue weighted by Gasteiger charge is -2.42. The Hall–Kier alpha value is -4.46. The zero-order chi connectivity index (χ0) is 29.1. The molecule has 212 valence electrons. The van der Waals surface area contributed by atoms with Crippen molar-refractivity contribution in [3.05, 3.63) is 42.5 Å². The number of hydrogen-bond donors (Lipinski definition) is 1. The fourth-order valence-electron chi connectivity index (χ4n) is 3.57. The van der Waals surface area contributed by atoms with Gasteiger partial charge in [-0.3, -0.25) is 24.5 Å². The van der Waals surface area contributed by atoms with Gasteiger partial charge in [-0.25, -0.2) is 9.59 Å². The third kappa shape index (κ3) is 9.10. The average molecular weight is 552 g/mol. The van der Waals surface area contributed by atoms with Crippen molar-refractivity contribution in [1.82, 2.24) is 0 Å². The molecule has 14 nitrogen and oxygen atoms in total. The zero-order valence-corrected chi connectivity index (χ0v) is 21.7. The van der Waals surface area contributed by atoms with E-state index in [0.717, 1.165) is 27.9 Å². The van der Waals surface area contributed by atoms with Gasteiger partial charge in [0.25, 0.3) is 0 Å². The van der Waals surface area contributed by atoms with Crippen LogP contribution in [-0.2, 0) is 63.6 Å². The molecule has 2 rings (SSSR count). The van der Waals surface area contributed by atoms with E-state index in [1.54, 1.807) is 18.2 Å². The SMILES string of the molecule is C=CCOC(=O)Cc1ccccc1NC(=O)O[C@@H]1O[C@H](C(=O)OC)[C@@H](OC(C)=O)[C@H](OC(C)=O)[C@H]1OC(C)=O. The van der Waals surface area contributed by atoms with Gasteiger partial charge in [-0.15, -0.1) is 0 Å². The maximum absolute atomic E-state index is 12.9. The molecule has 0 unspecified atom stereocenters. The number of anilines is 1. The molecule has 1 aliphatic heterocycles. The molecule has 1 aromatic carbocycles. The number of carbonyl (C=O) groups excluding carboxylic acids is 6. The molecule has 1 amide bonds. The lowest BCUT2D eigenvalue weighted by atomic mass is 9.97. The molecule has 0 aliphatic carbocycles. The van der Waals surface area contributed by atoms with Crippen molar-refractivity contribution in [2.75, 3.05) is 19.0 Å². The first kappa shape index (κ1) is 30.8. The van der Waals surface area contributed by atoms with Crippen LogP contribution in [0.2, 0.25) is 0 Å². The average Bonchev–Trinajstić information content (AvgIpc) is 2.86. The van der Waals surface area contributed by atoms with Crippen molar-refractivity contribution in [2.45, 2.75) is 57.9 Å². The maximum atomic E-state index is 12.9. The second-order valence-electron chi connectivity index (χ2n) is 8.01. The third-order valence-electron chi connectivity index (χ3n) is 5.01. The molecule has 0 aromatic heterocycles. The minimum Gasteiger partial charge on any atom is -0.467 e. The van der Waals surface area contributed by atoms with E-state index in [9.17, 15) is 28.8 Å². The third-order valence-corrected chi connectivity index (χ3v) is 5.01. The summed E-state index contributed by atoms with van der Waals surface area (Å²) in [5.41, 5.74) is 0.557. The summed E-state index contributed by atoms with van der Waals surface area (Å²) in [5.74, 6) is -4.30. The molecule has 0 bridgehead atoms. The summed E-state index contributed by atoms with van der Waals surface area (Å²) < 4.78 is 36.1. The lowest BCUT2D eigenvalue weighted by molar-refractivity contribution is -0.287. The summed E-state index contributed by atoms with van der Waals surface area (Å²) in [5, 5.41) is 2.43. The van der Waals surface area contributed by atoms with Gasteiger partial charge in [0.2, 0.25) is 12.4 Å². The van der Waals surface area contributed by atoms with E-state index in [1.165, 1.54) is 12.1 Å². The van der Waals surface area contributed by atoms with Gasteiger partial charge in [-0.1, -0.05) is 30.9 Å².